The van der Waals surface area contributed by atoms with E-state index in [2.05, 4.69) is 52.5 Å². The number of thiophene rings is 1. The van der Waals surface area contributed by atoms with Crippen LogP contribution >= 0.6 is 22.9 Å². The molecule has 1 N–H and O–H groups in total. The average Bonchev–Trinajstić information content (AvgIpc) is 2.96. The van der Waals surface area contributed by atoms with Crippen LogP contribution in [0.5, 0.6) is 0 Å². The van der Waals surface area contributed by atoms with E-state index >= 15 is 0 Å². The summed E-state index contributed by atoms with van der Waals surface area (Å²) in [6.07, 6.45) is 1.05. The number of anilines is 1. The van der Waals surface area contributed by atoms with Gasteiger partial charge in [-0.25, -0.2) is 9.97 Å². The molecule has 120 valence electrons. The van der Waals surface area contributed by atoms with E-state index in [1.165, 1.54) is 10.4 Å². The minimum Gasteiger partial charge on any atom is -0.369 e. The minimum atomic E-state index is 0.286. The zero-order chi connectivity index (χ0) is 16.2. The molecule has 2 aromatic heterocycles. The van der Waals surface area contributed by atoms with Crippen molar-refractivity contribution < 1.29 is 0 Å². The Morgan fingerprint density at radius 1 is 1.17 bits per heavy atom. The SMILES string of the molecule is CN(C)CCCNc1nc(Cl)nc2sc(-c3ccccc3)cc12. The standard InChI is InChI=1S/C17H19ClN4S/c1-22(2)10-6-9-19-15-13-11-14(12-7-4-3-5-8-12)23-16(13)21-17(18)20-15/h3-5,7-8,11H,6,9-10H2,1-2H3,(H,19,20,21). The maximum Gasteiger partial charge on any atom is 0.225 e. The number of rotatable bonds is 6. The highest BCUT2D eigenvalue weighted by Gasteiger charge is 2.12. The molecule has 0 aliphatic carbocycles. The lowest BCUT2D eigenvalue weighted by molar-refractivity contribution is 0.405. The minimum absolute atomic E-state index is 0.286. The summed E-state index contributed by atoms with van der Waals surface area (Å²) in [6, 6.07) is 12.4. The van der Waals surface area contributed by atoms with Gasteiger partial charge in [0, 0.05) is 11.4 Å². The highest BCUT2D eigenvalue weighted by molar-refractivity contribution is 7.22. The fourth-order valence-corrected chi connectivity index (χ4v) is 3.63. The summed E-state index contributed by atoms with van der Waals surface area (Å²) in [5.41, 5.74) is 1.19. The molecule has 3 rings (SSSR count). The van der Waals surface area contributed by atoms with Gasteiger partial charge in [-0.15, -0.1) is 11.3 Å². The van der Waals surface area contributed by atoms with Crippen LogP contribution in [0.1, 0.15) is 6.42 Å². The Hall–Kier alpha value is -1.69. The summed E-state index contributed by atoms with van der Waals surface area (Å²) in [7, 11) is 4.15. The van der Waals surface area contributed by atoms with E-state index in [1.54, 1.807) is 11.3 Å². The van der Waals surface area contributed by atoms with Gasteiger partial charge in [0.1, 0.15) is 10.6 Å². The molecule has 4 nitrogen and oxygen atoms in total. The van der Waals surface area contributed by atoms with Gasteiger partial charge in [0.25, 0.3) is 0 Å². The fraction of sp³-hybridized carbons (Fsp3) is 0.294. The predicted molar refractivity (Wildman–Crippen MR) is 99.5 cm³/mol. The molecule has 0 aliphatic heterocycles. The lowest BCUT2D eigenvalue weighted by Crippen LogP contribution is -2.16. The van der Waals surface area contributed by atoms with Crippen molar-refractivity contribution in [2.24, 2.45) is 0 Å². The maximum absolute atomic E-state index is 6.08. The third kappa shape index (κ3) is 3.99. The Labute approximate surface area is 145 Å². The lowest BCUT2D eigenvalue weighted by Gasteiger charge is -2.10. The van der Waals surface area contributed by atoms with Gasteiger partial charge in [-0.3, -0.25) is 0 Å². The van der Waals surface area contributed by atoms with Crippen molar-refractivity contribution in [3.63, 3.8) is 0 Å². The summed E-state index contributed by atoms with van der Waals surface area (Å²) in [5.74, 6) is 0.817. The van der Waals surface area contributed by atoms with Crippen LogP contribution in [0.25, 0.3) is 20.7 Å². The summed E-state index contributed by atoms with van der Waals surface area (Å²) >= 11 is 7.72. The molecular weight excluding hydrogens is 328 g/mol. The van der Waals surface area contributed by atoms with E-state index in [0.717, 1.165) is 35.5 Å². The molecule has 1 aromatic carbocycles. The highest BCUT2D eigenvalue weighted by atomic mass is 35.5. The molecule has 0 aliphatic rings. The zero-order valence-corrected chi connectivity index (χ0v) is 14.8. The Kier molecular flexibility index (Phi) is 5.10. The van der Waals surface area contributed by atoms with Crippen LogP contribution in [0.15, 0.2) is 36.4 Å². The van der Waals surface area contributed by atoms with Gasteiger partial charge in [-0.2, -0.15) is 0 Å². The molecule has 0 fully saturated rings. The smallest absolute Gasteiger partial charge is 0.225 e. The summed E-state index contributed by atoms with van der Waals surface area (Å²) in [4.78, 5) is 13.0. The first-order valence-electron chi connectivity index (χ1n) is 7.54. The Bertz CT molecular complexity index is 786. The monoisotopic (exact) mass is 346 g/mol. The van der Waals surface area contributed by atoms with E-state index in [0.29, 0.717) is 0 Å². The van der Waals surface area contributed by atoms with E-state index in [1.807, 2.05) is 18.2 Å². The predicted octanol–water partition coefficient (Wildman–Crippen LogP) is 4.38. The van der Waals surface area contributed by atoms with Crippen molar-refractivity contribution in [1.29, 1.82) is 0 Å². The number of benzene rings is 1. The normalized spacial score (nSPS) is 11.3. The van der Waals surface area contributed by atoms with Crippen LogP contribution in [0.3, 0.4) is 0 Å². The number of hydrogen-bond acceptors (Lipinski definition) is 5. The number of nitrogens with one attached hydrogen (secondary N) is 1. The summed E-state index contributed by atoms with van der Waals surface area (Å²) in [5, 5.41) is 4.71. The topological polar surface area (TPSA) is 41.0 Å². The van der Waals surface area contributed by atoms with Crippen molar-refractivity contribution in [1.82, 2.24) is 14.9 Å². The largest absolute Gasteiger partial charge is 0.369 e. The Morgan fingerprint density at radius 3 is 2.70 bits per heavy atom. The number of aromatic nitrogens is 2. The van der Waals surface area contributed by atoms with Gasteiger partial charge in [0.05, 0.1) is 5.39 Å². The number of hydrogen-bond donors (Lipinski definition) is 1. The van der Waals surface area contributed by atoms with Crippen molar-refractivity contribution in [3.05, 3.63) is 41.7 Å². The number of halogens is 1. The van der Waals surface area contributed by atoms with Gasteiger partial charge >= 0.3 is 0 Å². The lowest BCUT2D eigenvalue weighted by atomic mass is 10.2. The van der Waals surface area contributed by atoms with Crippen LogP contribution in [0.2, 0.25) is 5.28 Å². The van der Waals surface area contributed by atoms with E-state index in [-0.39, 0.29) is 5.28 Å². The second-order valence-corrected chi connectivity index (χ2v) is 6.99. The summed E-state index contributed by atoms with van der Waals surface area (Å²) < 4.78 is 0. The quantitative estimate of drug-likeness (QED) is 0.531. The second-order valence-electron chi connectivity index (χ2n) is 5.62. The average molecular weight is 347 g/mol. The molecular formula is C17H19ClN4S. The van der Waals surface area contributed by atoms with Crippen LogP contribution in [-0.2, 0) is 0 Å². The maximum atomic E-state index is 6.08. The van der Waals surface area contributed by atoms with Crippen molar-refractivity contribution in [3.8, 4) is 10.4 Å². The van der Waals surface area contributed by atoms with Gasteiger partial charge in [0.15, 0.2) is 0 Å². The molecule has 0 amide bonds. The Morgan fingerprint density at radius 2 is 1.96 bits per heavy atom. The van der Waals surface area contributed by atoms with Gasteiger partial charge < -0.3 is 10.2 Å². The van der Waals surface area contributed by atoms with Gasteiger partial charge in [0.2, 0.25) is 5.28 Å². The van der Waals surface area contributed by atoms with Gasteiger partial charge in [-0.05, 0) is 50.3 Å². The molecule has 0 saturated heterocycles. The van der Waals surface area contributed by atoms with Crippen molar-refractivity contribution in [2.45, 2.75) is 6.42 Å². The zero-order valence-electron chi connectivity index (χ0n) is 13.2. The fourth-order valence-electron chi connectivity index (χ4n) is 2.38. The molecule has 2 heterocycles. The number of nitrogens with zero attached hydrogens (tertiary/aromatic N) is 3. The van der Waals surface area contributed by atoms with Crippen LogP contribution in [0.4, 0.5) is 5.82 Å². The highest BCUT2D eigenvalue weighted by Crippen LogP contribution is 2.35. The van der Waals surface area contributed by atoms with Crippen LogP contribution < -0.4 is 5.32 Å². The molecule has 0 atom stereocenters. The second kappa shape index (κ2) is 7.25. The molecule has 3 aromatic rings. The molecule has 0 bridgehead atoms. The van der Waals surface area contributed by atoms with E-state index < -0.39 is 0 Å². The number of fused-ring (bicyclic) bond motifs is 1. The van der Waals surface area contributed by atoms with Crippen molar-refractivity contribution in [2.75, 3.05) is 32.5 Å². The van der Waals surface area contributed by atoms with Crippen molar-refractivity contribution >= 4 is 39.0 Å². The molecule has 0 spiro atoms. The molecule has 0 radical (unpaired) electrons. The van der Waals surface area contributed by atoms with E-state index in [9.17, 15) is 0 Å². The van der Waals surface area contributed by atoms with Gasteiger partial charge in [-0.1, -0.05) is 30.3 Å². The van der Waals surface area contributed by atoms with Crippen LogP contribution in [0, 0.1) is 0 Å². The first kappa shape index (κ1) is 16.2. The molecule has 0 unspecified atom stereocenters. The Balaban J connectivity index is 1.87. The summed E-state index contributed by atoms with van der Waals surface area (Å²) in [6.45, 7) is 1.89. The first-order chi connectivity index (χ1) is 11.1. The third-order valence-corrected chi connectivity index (χ3v) is 4.75. The molecule has 0 saturated carbocycles. The first-order valence-corrected chi connectivity index (χ1v) is 8.74. The third-order valence-electron chi connectivity index (χ3n) is 3.50. The van der Waals surface area contributed by atoms with E-state index in [4.69, 9.17) is 11.6 Å². The molecule has 23 heavy (non-hydrogen) atoms. The van der Waals surface area contributed by atoms with Crippen LogP contribution in [-0.4, -0.2) is 42.1 Å². The molecule has 6 heteroatoms.